The highest BCUT2D eigenvalue weighted by Crippen LogP contribution is 2.16. The molecule has 1 amide bonds. The molecule has 2 aliphatic heterocycles. The normalized spacial score (nSPS) is 20.9. The Morgan fingerprint density at radius 2 is 1.68 bits per heavy atom. The van der Waals surface area contributed by atoms with E-state index in [1.807, 2.05) is 42.5 Å². The zero-order chi connectivity index (χ0) is 19.2. The van der Waals surface area contributed by atoms with Gasteiger partial charge in [0, 0.05) is 57.1 Å². The Labute approximate surface area is 167 Å². The second-order valence-corrected chi connectivity index (χ2v) is 7.73. The fourth-order valence-electron chi connectivity index (χ4n) is 3.95. The third-order valence-electron chi connectivity index (χ3n) is 5.60. The lowest BCUT2D eigenvalue weighted by Gasteiger charge is -2.35. The molecule has 0 unspecified atom stereocenters. The maximum atomic E-state index is 12.4. The first kappa shape index (κ1) is 19.1. The Hall–Kier alpha value is -2.21. The van der Waals surface area contributed by atoms with Gasteiger partial charge in [-0.15, -0.1) is 0 Å². The molecule has 0 radical (unpaired) electrons. The van der Waals surface area contributed by atoms with Crippen molar-refractivity contribution in [3.8, 4) is 0 Å². The summed E-state index contributed by atoms with van der Waals surface area (Å²) in [6.45, 7) is 7.35. The predicted octanol–water partition coefficient (Wildman–Crippen LogP) is 3.24. The Kier molecular flexibility index (Phi) is 6.37. The van der Waals surface area contributed by atoms with Gasteiger partial charge >= 0.3 is 0 Å². The first-order valence-electron chi connectivity index (χ1n) is 10.3. The molecule has 5 heteroatoms. The number of nitrogens with zero attached hydrogens (tertiary/aromatic N) is 2. The molecule has 0 bridgehead atoms. The monoisotopic (exact) mass is 379 g/mol. The number of carbonyl (C=O) groups is 1. The second kappa shape index (κ2) is 9.32. The lowest BCUT2D eigenvalue weighted by molar-refractivity contribution is 0.0489. The van der Waals surface area contributed by atoms with Gasteiger partial charge in [0.05, 0.1) is 6.10 Å². The Morgan fingerprint density at radius 1 is 0.964 bits per heavy atom. The van der Waals surface area contributed by atoms with Gasteiger partial charge in [-0.3, -0.25) is 14.6 Å². The molecule has 4 rings (SSSR count). The van der Waals surface area contributed by atoms with Crippen molar-refractivity contribution in [2.75, 3.05) is 44.6 Å². The molecule has 28 heavy (non-hydrogen) atoms. The van der Waals surface area contributed by atoms with Gasteiger partial charge in [0.25, 0.3) is 5.91 Å². The van der Waals surface area contributed by atoms with Crippen LogP contribution in [0.15, 0.2) is 54.6 Å². The molecule has 5 nitrogen and oxygen atoms in total. The molecule has 148 valence electrons. The molecule has 2 aliphatic rings. The van der Waals surface area contributed by atoms with E-state index in [4.69, 9.17) is 4.74 Å². The van der Waals surface area contributed by atoms with Crippen LogP contribution < -0.4 is 5.32 Å². The summed E-state index contributed by atoms with van der Waals surface area (Å²) in [5, 5.41) is 2.93. The van der Waals surface area contributed by atoms with Crippen LogP contribution in [0.25, 0.3) is 0 Å². The topological polar surface area (TPSA) is 44.8 Å². The molecule has 2 aromatic rings. The first-order valence-corrected chi connectivity index (χ1v) is 10.3. The molecule has 2 fully saturated rings. The summed E-state index contributed by atoms with van der Waals surface area (Å²) < 4.78 is 5.76. The number of amides is 1. The van der Waals surface area contributed by atoms with Crippen LogP contribution in [0.3, 0.4) is 0 Å². The molecule has 1 atom stereocenters. The van der Waals surface area contributed by atoms with Crippen molar-refractivity contribution in [3.05, 3.63) is 65.7 Å². The molecule has 1 N–H and O–H groups in total. The summed E-state index contributed by atoms with van der Waals surface area (Å²) in [5.74, 6) is -0.0690. The number of anilines is 1. The average molecular weight is 380 g/mol. The van der Waals surface area contributed by atoms with E-state index in [2.05, 4.69) is 27.2 Å². The van der Waals surface area contributed by atoms with Gasteiger partial charge in [0.15, 0.2) is 0 Å². The van der Waals surface area contributed by atoms with E-state index < -0.39 is 0 Å². The lowest BCUT2D eigenvalue weighted by Crippen LogP contribution is -2.48. The van der Waals surface area contributed by atoms with Crippen molar-refractivity contribution in [1.82, 2.24) is 9.80 Å². The Morgan fingerprint density at radius 3 is 2.36 bits per heavy atom. The minimum Gasteiger partial charge on any atom is -0.377 e. The van der Waals surface area contributed by atoms with Gasteiger partial charge < -0.3 is 10.1 Å². The minimum absolute atomic E-state index is 0.0690. The number of ether oxygens (including phenoxy) is 1. The number of para-hydroxylation sites is 1. The molecule has 2 heterocycles. The third kappa shape index (κ3) is 5.19. The predicted molar refractivity (Wildman–Crippen MR) is 112 cm³/mol. The van der Waals surface area contributed by atoms with Crippen molar-refractivity contribution >= 4 is 11.6 Å². The van der Waals surface area contributed by atoms with Crippen molar-refractivity contribution < 1.29 is 9.53 Å². The molecule has 0 aliphatic carbocycles. The van der Waals surface area contributed by atoms with E-state index in [1.165, 1.54) is 18.4 Å². The van der Waals surface area contributed by atoms with E-state index in [0.29, 0.717) is 11.7 Å². The van der Waals surface area contributed by atoms with Crippen LogP contribution in [-0.4, -0.2) is 61.1 Å². The number of benzene rings is 2. The molecular formula is C23H29N3O2. The van der Waals surface area contributed by atoms with E-state index in [0.717, 1.165) is 51.6 Å². The van der Waals surface area contributed by atoms with Gasteiger partial charge in [-0.25, -0.2) is 0 Å². The third-order valence-corrected chi connectivity index (χ3v) is 5.60. The van der Waals surface area contributed by atoms with Crippen molar-refractivity contribution in [2.24, 2.45) is 0 Å². The maximum absolute atomic E-state index is 12.4. The van der Waals surface area contributed by atoms with Crippen molar-refractivity contribution in [2.45, 2.75) is 25.5 Å². The average Bonchev–Trinajstić information content (AvgIpc) is 3.24. The minimum atomic E-state index is -0.0690. The van der Waals surface area contributed by atoms with Crippen molar-refractivity contribution in [3.63, 3.8) is 0 Å². The number of rotatable bonds is 6. The smallest absolute Gasteiger partial charge is 0.255 e. The fourth-order valence-corrected chi connectivity index (χ4v) is 3.95. The van der Waals surface area contributed by atoms with Crippen LogP contribution in [0, 0.1) is 0 Å². The maximum Gasteiger partial charge on any atom is 0.255 e. The standard InChI is InChI=1S/C23H29N3O2/c27-23(24-21-5-2-1-3-6-21)20-10-8-19(9-11-20)17-25-12-14-26(15-13-25)18-22-7-4-16-28-22/h1-3,5-6,8-11,22H,4,7,12-18H2,(H,24,27)/t22-/m1/s1. The zero-order valence-electron chi connectivity index (χ0n) is 16.3. The van der Waals surface area contributed by atoms with Crippen molar-refractivity contribution in [1.29, 1.82) is 0 Å². The van der Waals surface area contributed by atoms with Gasteiger partial charge in [0.1, 0.15) is 0 Å². The number of hydrogen-bond donors (Lipinski definition) is 1. The summed E-state index contributed by atoms with van der Waals surface area (Å²) in [5.41, 5.74) is 2.76. The van der Waals surface area contributed by atoms with Gasteiger partial charge in [-0.2, -0.15) is 0 Å². The lowest BCUT2D eigenvalue weighted by atomic mass is 10.1. The van der Waals surface area contributed by atoms with Gasteiger partial charge in [-0.1, -0.05) is 30.3 Å². The van der Waals surface area contributed by atoms with E-state index in [1.54, 1.807) is 0 Å². The summed E-state index contributed by atoms with van der Waals surface area (Å²) in [6, 6.07) is 17.5. The largest absolute Gasteiger partial charge is 0.377 e. The van der Waals surface area contributed by atoms with Crippen LogP contribution in [0.4, 0.5) is 5.69 Å². The first-order chi connectivity index (χ1) is 13.8. The van der Waals surface area contributed by atoms with Crippen LogP contribution in [0.5, 0.6) is 0 Å². The molecular weight excluding hydrogens is 350 g/mol. The molecule has 0 aromatic heterocycles. The Balaban J connectivity index is 1.24. The highest BCUT2D eigenvalue weighted by atomic mass is 16.5. The van der Waals surface area contributed by atoms with Gasteiger partial charge in [0.2, 0.25) is 0 Å². The highest BCUT2D eigenvalue weighted by molar-refractivity contribution is 6.04. The number of nitrogens with one attached hydrogen (secondary N) is 1. The SMILES string of the molecule is O=C(Nc1ccccc1)c1ccc(CN2CCN(C[C@H]3CCCO3)CC2)cc1. The van der Waals surface area contributed by atoms with Crippen LogP contribution in [0.1, 0.15) is 28.8 Å². The summed E-state index contributed by atoms with van der Waals surface area (Å²) >= 11 is 0. The van der Waals surface area contributed by atoms with E-state index >= 15 is 0 Å². The summed E-state index contributed by atoms with van der Waals surface area (Å²) in [7, 11) is 0. The summed E-state index contributed by atoms with van der Waals surface area (Å²) in [4.78, 5) is 17.4. The summed E-state index contributed by atoms with van der Waals surface area (Å²) in [6.07, 6.45) is 2.87. The van der Waals surface area contributed by atoms with E-state index in [9.17, 15) is 4.79 Å². The van der Waals surface area contributed by atoms with Crippen LogP contribution in [0.2, 0.25) is 0 Å². The molecule has 0 saturated carbocycles. The molecule has 2 saturated heterocycles. The number of hydrogen-bond acceptors (Lipinski definition) is 4. The number of piperazine rings is 1. The second-order valence-electron chi connectivity index (χ2n) is 7.73. The molecule has 0 spiro atoms. The fraction of sp³-hybridized carbons (Fsp3) is 0.435. The van der Waals surface area contributed by atoms with Gasteiger partial charge in [-0.05, 0) is 42.7 Å². The zero-order valence-corrected chi connectivity index (χ0v) is 16.3. The quantitative estimate of drug-likeness (QED) is 0.837. The van der Waals surface area contributed by atoms with E-state index in [-0.39, 0.29) is 5.91 Å². The van der Waals surface area contributed by atoms with Crippen LogP contribution >= 0.6 is 0 Å². The highest BCUT2D eigenvalue weighted by Gasteiger charge is 2.22. The van der Waals surface area contributed by atoms with Crippen LogP contribution in [-0.2, 0) is 11.3 Å². The Bertz CT molecular complexity index is 749. The number of carbonyl (C=O) groups excluding carboxylic acids is 1. The molecule has 2 aromatic carbocycles.